The lowest BCUT2D eigenvalue weighted by atomic mass is 10.0. The van der Waals surface area contributed by atoms with Crippen LogP contribution in [0.5, 0.6) is 0 Å². The summed E-state index contributed by atoms with van der Waals surface area (Å²) in [6.07, 6.45) is 4.77. The van der Waals surface area contributed by atoms with Gasteiger partial charge in [0.05, 0.1) is 12.2 Å². The highest BCUT2D eigenvalue weighted by molar-refractivity contribution is 5.92. The van der Waals surface area contributed by atoms with Crippen LogP contribution in [0, 0.1) is 0 Å². The fourth-order valence-electron chi connectivity index (χ4n) is 2.24. The Morgan fingerprint density at radius 3 is 2.13 bits per heavy atom. The van der Waals surface area contributed by atoms with E-state index in [1.54, 1.807) is 25.1 Å². The first-order valence-corrected chi connectivity index (χ1v) is 7.68. The van der Waals surface area contributed by atoms with Gasteiger partial charge in [-0.05, 0) is 48.2 Å². The molecule has 2 rings (SSSR count). The van der Waals surface area contributed by atoms with Gasteiger partial charge in [0, 0.05) is 11.4 Å². The average Bonchev–Trinajstić information content (AvgIpc) is 2.54. The van der Waals surface area contributed by atoms with Gasteiger partial charge >= 0.3 is 5.97 Å². The van der Waals surface area contributed by atoms with Crippen molar-refractivity contribution in [3.63, 3.8) is 0 Å². The summed E-state index contributed by atoms with van der Waals surface area (Å²) in [5, 5.41) is 0. The molecule has 0 aliphatic heterocycles. The minimum Gasteiger partial charge on any atom is -0.462 e. The second-order valence-electron chi connectivity index (χ2n) is 5.21. The van der Waals surface area contributed by atoms with Crippen molar-refractivity contribution in [2.24, 2.45) is 0 Å². The van der Waals surface area contributed by atoms with Gasteiger partial charge in [-0.15, -0.1) is 0 Å². The molecular formula is C19H22N2O2. The maximum Gasteiger partial charge on any atom is 0.338 e. The molecule has 0 aromatic heterocycles. The fourth-order valence-corrected chi connectivity index (χ4v) is 2.24. The van der Waals surface area contributed by atoms with Crippen LogP contribution in [0.3, 0.4) is 0 Å². The Kier molecular flexibility index (Phi) is 5.41. The summed E-state index contributed by atoms with van der Waals surface area (Å²) >= 11 is 0. The third kappa shape index (κ3) is 4.13. The molecule has 0 fully saturated rings. The number of hydrogen-bond acceptors (Lipinski definition) is 4. The Bertz CT molecular complexity index is 736. The Morgan fingerprint density at radius 1 is 1.00 bits per heavy atom. The molecule has 0 unspecified atom stereocenters. The van der Waals surface area contributed by atoms with Gasteiger partial charge in [0.1, 0.15) is 0 Å². The number of hydrogen-bond donors (Lipinski definition) is 2. The molecule has 0 aliphatic carbocycles. The molecule has 4 nitrogen and oxygen atoms in total. The van der Waals surface area contributed by atoms with Gasteiger partial charge in [-0.1, -0.05) is 37.3 Å². The van der Waals surface area contributed by atoms with Gasteiger partial charge in [-0.3, -0.25) is 0 Å². The largest absolute Gasteiger partial charge is 0.462 e. The van der Waals surface area contributed by atoms with Gasteiger partial charge in [-0.2, -0.15) is 0 Å². The Hall–Kier alpha value is -2.75. The highest BCUT2D eigenvalue weighted by atomic mass is 16.5. The number of nitrogen functional groups attached to an aromatic ring is 2. The van der Waals surface area contributed by atoms with E-state index in [0.717, 1.165) is 23.2 Å². The van der Waals surface area contributed by atoms with Crippen molar-refractivity contribution in [3.05, 3.63) is 58.7 Å². The van der Waals surface area contributed by atoms with Crippen LogP contribution in [-0.4, -0.2) is 12.6 Å². The minimum atomic E-state index is -0.367. The first kappa shape index (κ1) is 16.6. The van der Waals surface area contributed by atoms with E-state index in [2.05, 4.69) is 13.0 Å². The number of benzene rings is 2. The number of aryl methyl sites for hydroxylation is 1. The van der Waals surface area contributed by atoms with Crippen molar-refractivity contribution in [3.8, 4) is 0 Å². The molecule has 0 radical (unpaired) electrons. The zero-order chi connectivity index (χ0) is 16.8. The van der Waals surface area contributed by atoms with Crippen LogP contribution in [0.2, 0.25) is 0 Å². The van der Waals surface area contributed by atoms with Gasteiger partial charge in [0.15, 0.2) is 0 Å². The maximum absolute atomic E-state index is 11.7. The quantitative estimate of drug-likeness (QED) is 0.501. The molecule has 0 atom stereocenters. The van der Waals surface area contributed by atoms with Crippen LogP contribution >= 0.6 is 0 Å². The maximum atomic E-state index is 11.7. The Morgan fingerprint density at radius 2 is 1.61 bits per heavy atom. The van der Waals surface area contributed by atoms with E-state index in [9.17, 15) is 4.79 Å². The minimum absolute atomic E-state index is 0.341. The highest BCUT2D eigenvalue weighted by Crippen LogP contribution is 2.21. The van der Waals surface area contributed by atoms with Crippen molar-refractivity contribution < 1.29 is 9.53 Å². The lowest BCUT2D eigenvalue weighted by Crippen LogP contribution is -2.05. The summed E-state index contributed by atoms with van der Waals surface area (Å²) in [5.41, 5.74) is 16.8. The molecule has 0 bridgehead atoms. The molecule has 0 saturated carbocycles. The predicted molar refractivity (Wildman–Crippen MR) is 96.0 cm³/mol. The summed E-state index contributed by atoms with van der Waals surface area (Å²) in [6, 6.07) is 11.2. The summed E-state index contributed by atoms with van der Waals surface area (Å²) in [5.74, 6) is -0.367. The molecule has 0 aliphatic rings. The molecule has 0 amide bonds. The first-order chi connectivity index (χ1) is 11.0. The Balaban J connectivity index is 2.21. The van der Waals surface area contributed by atoms with Crippen LogP contribution in [0.1, 0.15) is 40.9 Å². The topological polar surface area (TPSA) is 78.3 Å². The lowest BCUT2D eigenvalue weighted by molar-refractivity contribution is 0.0526. The van der Waals surface area contributed by atoms with Crippen molar-refractivity contribution >= 4 is 29.5 Å². The van der Waals surface area contributed by atoms with Crippen molar-refractivity contribution in [2.45, 2.75) is 20.3 Å². The second-order valence-corrected chi connectivity index (χ2v) is 5.21. The summed E-state index contributed by atoms with van der Waals surface area (Å²) in [7, 11) is 0. The third-order valence-electron chi connectivity index (χ3n) is 3.60. The van der Waals surface area contributed by atoms with E-state index in [4.69, 9.17) is 16.2 Å². The van der Waals surface area contributed by atoms with Crippen molar-refractivity contribution in [1.29, 1.82) is 0 Å². The molecular weight excluding hydrogens is 288 g/mol. The zero-order valence-corrected chi connectivity index (χ0v) is 13.5. The summed E-state index contributed by atoms with van der Waals surface area (Å²) < 4.78 is 4.96. The molecule has 0 saturated heterocycles. The van der Waals surface area contributed by atoms with Gasteiger partial charge < -0.3 is 16.2 Å². The zero-order valence-electron chi connectivity index (χ0n) is 13.5. The second kappa shape index (κ2) is 7.49. The molecule has 0 spiro atoms. The number of anilines is 2. The first-order valence-electron chi connectivity index (χ1n) is 7.68. The molecule has 4 heteroatoms. The number of nitrogens with two attached hydrogens (primary N) is 2. The summed E-state index contributed by atoms with van der Waals surface area (Å²) in [6.45, 7) is 4.20. The smallest absolute Gasteiger partial charge is 0.338 e. The van der Waals surface area contributed by atoms with Gasteiger partial charge in [0.25, 0.3) is 0 Å². The van der Waals surface area contributed by atoms with E-state index < -0.39 is 0 Å². The van der Waals surface area contributed by atoms with E-state index in [0.29, 0.717) is 17.9 Å². The lowest BCUT2D eigenvalue weighted by Gasteiger charge is -2.06. The standard InChI is InChI=1S/C19H22N2O2/c1-3-13-5-6-14(17(20)11-13)7-8-15-9-10-16(12-18(15)21)19(22)23-4-2/h5-12H,3-4,20-21H2,1-2H3/b8-7+. The number of rotatable bonds is 5. The predicted octanol–water partition coefficient (Wildman–Crippen LogP) is 3.76. The van der Waals surface area contributed by atoms with E-state index in [-0.39, 0.29) is 5.97 Å². The normalized spacial score (nSPS) is 10.9. The van der Waals surface area contributed by atoms with Gasteiger partial charge in [0.2, 0.25) is 0 Å². The number of carbonyl (C=O) groups is 1. The van der Waals surface area contributed by atoms with Gasteiger partial charge in [-0.25, -0.2) is 4.79 Å². The number of carbonyl (C=O) groups excluding carboxylic acids is 1. The number of ether oxygens (including phenoxy) is 1. The van der Waals surface area contributed by atoms with E-state index in [1.807, 2.05) is 24.3 Å². The van der Waals surface area contributed by atoms with E-state index in [1.165, 1.54) is 5.56 Å². The summed E-state index contributed by atoms with van der Waals surface area (Å²) in [4.78, 5) is 11.7. The SMILES string of the molecule is CCOC(=O)c1ccc(/C=C/c2ccc(CC)cc2N)c(N)c1. The van der Waals surface area contributed by atoms with Crippen molar-refractivity contribution in [2.75, 3.05) is 18.1 Å². The fraction of sp³-hybridized carbons (Fsp3) is 0.211. The van der Waals surface area contributed by atoms with Crippen LogP contribution < -0.4 is 11.5 Å². The molecule has 23 heavy (non-hydrogen) atoms. The van der Waals surface area contributed by atoms with E-state index >= 15 is 0 Å². The monoisotopic (exact) mass is 310 g/mol. The number of esters is 1. The van der Waals surface area contributed by atoms with Crippen LogP contribution in [-0.2, 0) is 11.2 Å². The molecule has 120 valence electrons. The average molecular weight is 310 g/mol. The Labute approximate surface area is 136 Å². The highest BCUT2D eigenvalue weighted by Gasteiger charge is 2.07. The molecule has 2 aromatic carbocycles. The molecule has 4 N–H and O–H groups in total. The molecule has 2 aromatic rings. The van der Waals surface area contributed by atoms with Crippen LogP contribution in [0.25, 0.3) is 12.2 Å². The van der Waals surface area contributed by atoms with Crippen molar-refractivity contribution in [1.82, 2.24) is 0 Å². The van der Waals surface area contributed by atoms with Crippen LogP contribution in [0.15, 0.2) is 36.4 Å². The third-order valence-corrected chi connectivity index (χ3v) is 3.60. The molecule has 0 heterocycles. The van der Waals surface area contributed by atoms with Crippen LogP contribution in [0.4, 0.5) is 11.4 Å².